The molecule has 3 aromatic rings. The fourth-order valence-electron chi connectivity index (χ4n) is 3.52. The molecule has 2 aromatic heterocycles. The molecule has 120 valence electrons. The Hall–Kier alpha value is -2.14. The molecular formula is C18H22N4O. The number of H-pyrrole nitrogens is 1. The first-order valence-corrected chi connectivity index (χ1v) is 8.29. The van der Waals surface area contributed by atoms with Crippen LogP contribution in [-0.4, -0.2) is 33.1 Å². The van der Waals surface area contributed by atoms with Gasteiger partial charge in [0.25, 0.3) is 0 Å². The summed E-state index contributed by atoms with van der Waals surface area (Å²) < 4.78 is 5.36. The van der Waals surface area contributed by atoms with Crippen LogP contribution in [0.5, 0.6) is 0 Å². The van der Waals surface area contributed by atoms with E-state index in [1.165, 1.54) is 18.4 Å². The van der Waals surface area contributed by atoms with Crippen LogP contribution in [0.4, 0.5) is 0 Å². The number of benzene rings is 1. The largest absolute Gasteiger partial charge is 0.360 e. The van der Waals surface area contributed by atoms with E-state index in [-0.39, 0.29) is 0 Å². The number of aromatic amines is 1. The average Bonchev–Trinajstić information content (AvgIpc) is 3.15. The number of para-hydroxylation sites is 1. The van der Waals surface area contributed by atoms with Crippen molar-refractivity contribution in [3.63, 3.8) is 0 Å². The Kier molecular flexibility index (Phi) is 3.65. The van der Waals surface area contributed by atoms with E-state index in [1.54, 1.807) is 0 Å². The molecule has 23 heavy (non-hydrogen) atoms. The first kappa shape index (κ1) is 14.5. The monoisotopic (exact) mass is 310 g/mol. The van der Waals surface area contributed by atoms with Gasteiger partial charge in [0.05, 0.1) is 23.3 Å². The molecule has 0 radical (unpaired) electrons. The van der Waals surface area contributed by atoms with Crippen LogP contribution in [0.3, 0.4) is 0 Å². The van der Waals surface area contributed by atoms with Gasteiger partial charge in [-0.25, -0.2) is 4.98 Å². The van der Waals surface area contributed by atoms with E-state index >= 15 is 0 Å². The van der Waals surface area contributed by atoms with Crippen molar-refractivity contribution < 1.29 is 4.52 Å². The minimum absolute atomic E-state index is 0.458. The number of nitrogens with one attached hydrogen (secondary N) is 1. The summed E-state index contributed by atoms with van der Waals surface area (Å²) in [4.78, 5) is 10.8. The highest BCUT2D eigenvalue weighted by molar-refractivity contribution is 5.78. The molecule has 1 aliphatic rings. The van der Waals surface area contributed by atoms with E-state index in [2.05, 4.69) is 40.2 Å². The smallest absolute Gasteiger partial charge is 0.150 e. The number of hydrogen-bond acceptors (Lipinski definition) is 4. The molecule has 4 rings (SSSR count). The SMILES string of the molecule is Cc1cc(CN2CCC[C@H](c3nc4c(C)cccc4[nH]3)C2)on1. The zero-order valence-corrected chi connectivity index (χ0v) is 13.7. The number of piperidine rings is 1. The van der Waals surface area contributed by atoms with Gasteiger partial charge in [0, 0.05) is 18.5 Å². The number of hydrogen-bond donors (Lipinski definition) is 1. The van der Waals surface area contributed by atoms with Gasteiger partial charge < -0.3 is 9.51 Å². The Morgan fingerprint density at radius 3 is 3.04 bits per heavy atom. The molecular weight excluding hydrogens is 288 g/mol. The highest BCUT2D eigenvalue weighted by atomic mass is 16.5. The fourth-order valence-corrected chi connectivity index (χ4v) is 3.52. The summed E-state index contributed by atoms with van der Waals surface area (Å²) in [5.41, 5.74) is 4.42. The van der Waals surface area contributed by atoms with Crippen LogP contribution in [0.15, 0.2) is 28.8 Å². The lowest BCUT2D eigenvalue weighted by atomic mass is 9.97. The normalized spacial score (nSPS) is 19.5. The number of nitrogens with zero attached hydrogens (tertiary/aromatic N) is 3. The average molecular weight is 310 g/mol. The number of likely N-dealkylation sites (tertiary alicyclic amines) is 1. The second kappa shape index (κ2) is 5.81. The van der Waals surface area contributed by atoms with Crippen LogP contribution in [0.25, 0.3) is 11.0 Å². The Balaban J connectivity index is 1.52. The van der Waals surface area contributed by atoms with E-state index in [9.17, 15) is 0 Å². The van der Waals surface area contributed by atoms with Crippen molar-refractivity contribution >= 4 is 11.0 Å². The summed E-state index contributed by atoms with van der Waals surface area (Å²) in [6.07, 6.45) is 2.37. The Morgan fingerprint density at radius 2 is 2.26 bits per heavy atom. The Bertz CT molecular complexity index is 819. The van der Waals surface area contributed by atoms with Gasteiger partial charge in [-0.05, 0) is 44.9 Å². The quantitative estimate of drug-likeness (QED) is 0.804. The predicted octanol–water partition coefficient (Wildman–Crippen LogP) is 3.55. The van der Waals surface area contributed by atoms with E-state index < -0.39 is 0 Å². The van der Waals surface area contributed by atoms with Crippen molar-refractivity contribution in [3.8, 4) is 0 Å². The van der Waals surface area contributed by atoms with Crippen LogP contribution in [0.2, 0.25) is 0 Å². The van der Waals surface area contributed by atoms with Crippen molar-refractivity contribution in [2.75, 3.05) is 13.1 Å². The minimum Gasteiger partial charge on any atom is -0.360 e. The van der Waals surface area contributed by atoms with Crippen LogP contribution in [-0.2, 0) is 6.54 Å². The summed E-state index contributed by atoms with van der Waals surface area (Å²) in [6, 6.07) is 8.33. The van der Waals surface area contributed by atoms with Crippen molar-refractivity contribution in [2.24, 2.45) is 0 Å². The minimum atomic E-state index is 0.458. The molecule has 0 bridgehead atoms. The third-order valence-electron chi connectivity index (χ3n) is 4.68. The second-order valence-corrected chi connectivity index (χ2v) is 6.60. The number of aryl methyl sites for hydroxylation is 2. The molecule has 1 aromatic carbocycles. The molecule has 5 nitrogen and oxygen atoms in total. The topological polar surface area (TPSA) is 58.0 Å². The molecule has 1 atom stereocenters. The van der Waals surface area contributed by atoms with E-state index in [0.29, 0.717) is 5.92 Å². The third-order valence-corrected chi connectivity index (χ3v) is 4.68. The number of imidazole rings is 1. The molecule has 1 aliphatic heterocycles. The van der Waals surface area contributed by atoms with Gasteiger partial charge in [-0.15, -0.1) is 0 Å². The third kappa shape index (κ3) is 2.88. The first-order chi connectivity index (χ1) is 11.2. The van der Waals surface area contributed by atoms with Gasteiger partial charge in [0.1, 0.15) is 5.82 Å². The molecule has 1 fully saturated rings. The maximum absolute atomic E-state index is 5.36. The maximum atomic E-state index is 5.36. The second-order valence-electron chi connectivity index (χ2n) is 6.60. The van der Waals surface area contributed by atoms with Gasteiger partial charge in [-0.1, -0.05) is 17.3 Å². The van der Waals surface area contributed by atoms with E-state index in [1.807, 2.05) is 13.0 Å². The standard InChI is InChI=1S/C18H22N4O/c1-12-5-3-7-16-17(12)20-18(19-16)14-6-4-8-22(10-14)11-15-9-13(2)21-23-15/h3,5,7,9,14H,4,6,8,10-11H2,1-2H3,(H,19,20)/t14-/m0/s1. The molecule has 5 heteroatoms. The lowest BCUT2D eigenvalue weighted by Crippen LogP contribution is -2.34. The number of fused-ring (bicyclic) bond motifs is 1. The summed E-state index contributed by atoms with van der Waals surface area (Å²) >= 11 is 0. The molecule has 0 aliphatic carbocycles. The van der Waals surface area contributed by atoms with Gasteiger partial charge in [-0.3, -0.25) is 4.90 Å². The Morgan fingerprint density at radius 1 is 1.35 bits per heavy atom. The highest BCUT2D eigenvalue weighted by Gasteiger charge is 2.24. The van der Waals surface area contributed by atoms with Gasteiger partial charge >= 0.3 is 0 Å². The first-order valence-electron chi connectivity index (χ1n) is 8.29. The number of aromatic nitrogens is 3. The predicted molar refractivity (Wildman–Crippen MR) is 89.3 cm³/mol. The zero-order valence-electron chi connectivity index (χ0n) is 13.7. The van der Waals surface area contributed by atoms with E-state index in [4.69, 9.17) is 9.51 Å². The van der Waals surface area contributed by atoms with Crippen molar-refractivity contribution in [1.29, 1.82) is 0 Å². The van der Waals surface area contributed by atoms with Crippen molar-refractivity contribution in [3.05, 3.63) is 47.1 Å². The summed E-state index contributed by atoms with van der Waals surface area (Å²) in [5, 5.41) is 3.98. The summed E-state index contributed by atoms with van der Waals surface area (Å²) in [5.74, 6) is 2.52. The molecule has 1 saturated heterocycles. The molecule has 0 unspecified atom stereocenters. The van der Waals surface area contributed by atoms with Gasteiger partial charge in [0.15, 0.2) is 5.76 Å². The molecule has 0 saturated carbocycles. The van der Waals surface area contributed by atoms with Crippen molar-refractivity contribution in [1.82, 2.24) is 20.0 Å². The summed E-state index contributed by atoms with van der Waals surface area (Å²) in [7, 11) is 0. The van der Waals surface area contributed by atoms with Crippen LogP contribution in [0.1, 0.15) is 41.6 Å². The maximum Gasteiger partial charge on any atom is 0.150 e. The molecule has 1 N–H and O–H groups in total. The lowest BCUT2D eigenvalue weighted by molar-refractivity contribution is 0.177. The van der Waals surface area contributed by atoms with Crippen LogP contribution in [0, 0.1) is 13.8 Å². The number of rotatable bonds is 3. The molecule has 0 spiro atoms. The zero-order chi connectivity index (χ0) is 15.8. The highest BCUT2D eigenvalue weighted by Crippen LogP contribution is 2.28. The summed E-state index contributed by atoms with van der Waals surface area (Å²) in [6.45, 7) is 7.03. The lowest BCUT2D eigenvalue weighted by Gasteiger charge is -2.30. The van der Waals surface area contributed by atoms with Crippen LogP contribution >= 0.6 is 0 Å². The molecule has 0 amide bonds. The van der Waals surface area contributed by atoms with Crippen molar-refractivity contribution in [2.45, 2.75) is 39.2 Å². The van der Waals surface area contributed by atoms with Gasteiger partial charge in [-0.2, -0.15) is 0 Å². The molecule has 3 heterocycles. The van der Waals surface area contributed by atoms with E-state index in [0.717, 1.165) is 47.9 Å². The fraction of sp³-hybridized carbons (Fsp3) is 0.444. The van der Waals surface area contributed by atoms with Crippen LogP contribution < -0.4 is 0 Å². The van der Waals surface area contributed by atoms with Gasteiger partial charge in [0.2, 0.25) is 0 Å². The Labute approximate surface area is 135 Å².